The maximum atomic E-state index is 12.1. The molecule has 0 aliphatic rings. The molecule has 0 fully saturated rings. The van der Waals surface area contributed by atoms with Crippen molar-refractivity contribution in [1.29, 1.82) is 0 Å². The Balaban J connectivity index is 0. The van der Waals surface area contributed by atoms with E-state index in [-0.39, 0.29) is 12.5 Å². The van der Waals surface area contributed by atoms with Gasteiger partial charge in [-0.15, -0.1) is 12.8 Å². The van der Waals surface area contributed by atoms with Crippen molar-refractivity contribution < 1.29 is 19.1 Å². The van der Waals surface area contributed by atoms with Crippen LogP contribution >= 0.6 is 0 Å². The zero-order chi connectivity index (χ0) is 27.1. The van der Waals surface area contributed by atoms with Crippen LogP contribution < -0.4 is 19.7 Å². The lowest BCUT2D eigenvalue weighted by Gasteiger charge is -2.21. The predicted molar refractivity (Wildman–Crippen MR) is 143 cm³/mol. The Labute approximate surface area is 209 Å². The van der Waals surface area contributed by atoms with Crippen molar-refractivity contribution in [2.75, 3.05) is 38.0 Å². The van der Waals surface area contributed by atoms with Gasteiger partial charge in [0.25, 0.3) is 0 Å². The molecule has 1 heterocycles. The quantitative estimate of drug-likeness (QED) is 0.513. The number of ether oxygens (including phenoxy) is 2. The molecule has 1 N–H and O–H groups in total. The number of aromatic nitrogens is 2. The Bertz CT molecular complexity index is 951. The van der Waals surface area contributed by atoms with E-state index in [0.717, 1.165) is 5.69 Å². The van der Waals surface area contributed by atoms with Gasteiger partial charge in [0, 0.05) is 25.5 Å². The Morgan fingerprint density at radius 2 is 1.66 bits per heavy atom. The summed E-state index contributed by atoms with van der Waals surface area (Å²) in [5.74, 6) is 1.57. The predicted octanol–water partition coefficient (Wildman–Crippen LogP) is 4.65. The summed E-state index contributed by atoms with van der Waals surface area (Å²) in [7, 11) is 4.97. The number of rotatable bonds is 6. The number of amides is 1. The van der Waals surface area contributed by atoms with E-state index in [1.165, 1.54) is 18.0 Å². The van der Waals surface area contributed by atoms with E-state index < -0.39 is 0 Å². The molecule has 0 atom stereocenters. The molecule has 2 aromatic carbocycles. The first-order chi connectivity index (χ1) is 17.0. The molecule has 0 bridgehead atoms. The highest BCUT2D eigenvalue weighted by atomic mass is 16.5. The van der Waals surface area contributed by atoms with Crippen molar-refractivity contribution in [3.05, 3.63) is 72.7 Å². The maximum Gasteiger partial charge on any atom is 0.245 e. The minimum absolute atomic E-state index is 0.139. The van der Waals surface area contributed by atoms with Crippen LogP contribution in [0.3, 0.4) is 0 Å². The lowest BCUT2D eigenvalue weighted by molar-refractivity contribution is -0.115. The van der Waals surface area contributed by atoms with Gasteiger partial charge in [-0.2, -0.15) is 0 Å². The summed E-state index contributed by atoms with van der Waals surface area (Å²) < 4.78 is 10.5. The third kappa shape index (κ3) is 13.7. The molecule has 35 heavy (non-hydrogen) atoms. The Hall–Kier alpha value is -4.38. The van der Waals surface area contributed by atoms with Gasteiger partial charge >= 0.3 is 0 Å². The third-order valence-corrected chi connectivity index (χ3v) is 3.95. The first-order valence-corrected chi connectivity index (χ1v) is 10.7. The van der Waals surface area contributed by atoms with E-state index in [4.69, 9.17) is 14.3 Å². The van der Waals surface area contributed by atoms with Crippen LogP contribution in [0.4, 0.5) is 11.5 Å². The standard InChI is InChI=1S/C15H18N4O3.C7H8.C2H6.C2H2.CH2O/c1-19(10-15(20)18-14-9-16-6-7-17-14)12-8-11(21-2)4-5-13(12)22-3;1-7-5-3-2-4-6-7;3*1-2/h4-9H,10H2,1-3H3,(H,17,18,20);2-6H,1H3;1-2H3;1-2H;1H2. The molecule has 3 rings (SSSR count). The van der Waals surface area contributed by atoms with Crippen molar-refractivity contribution in [1.82, 2.24) is 9.97 Å². The lowest BCUT2D eigenvalue weighted by Crippen LogP contribution is -2.30. The zero-order valence-electron chi connectivity index (χ0n) is 21.4. The van der Waals surface area contributed by atoms with Crippen molar-refractivity contribution >= 4 is 24.2 Å². The molecule has 3 aromatic rings. The summed E-state index contributed by atoms with van der Waals surface area (Å²) in [5, 5.41) is 2.68. The average Bonchev–Trinajstić information content (AvgIpc) is 2.93. The number of carbonyl (C=O) groups excluding carboxylic acids is 2. The van der Waals surface area contributed by atoms with Crippen LogP contribution in [0.2, 0.25) is 0 Å². The molecule has 8 heteroatoms. The Morgan fingerprint density at radius 3 is 2.11 bits per heavy atom. The second-order valence-electron chi connectivity index (χ2n) is 6.19. The van der Waals surface area contributed by atoms with Gasteiger partial charge in [-0.3, -0.25) is 9.78 Å². The molecule has 0 radical (unpaired) electrons. The molecular weight excluding hydrogens is 444 g/mol. The number of hydrogen-bond acceptors (Lipinski definition) is 7. The van der Waals surface area contributed by atoms with Gasteiger partial charge in [0.2, 0.25) is 5.91 Å². The highest BCUT2D eigenvalue weighted by Crippen LogP contribution is 2.31. The number of benzene rings is 2. The van der Waals surface area contributed by atoms with Gasteiger partial charge in [0.15, 0.2) is 5.82 Å². The zero-order valence-corrected chi connectivity index (χ0v) is 21.4. The molecule has 8 nitrogen and oxygen atoms in total. The summed E-state index contributed by atoms with van der Waals surface area (Å²) in [6.07, 6.45) is 12.6. The first-order valence-electron chi connectivity index (χ1n) is 10.7. The minimum Gasteiger partial charge on any atom is -0.497 e. The second-order valence-corrected chi connectivity index (χ2v) is 6.19. The summed E-state index contributed by atoms with van der Waals surface area (Å²) in [4.78, 5) is 29.7. The number of anilines is 2. The highest BCUT2D eigenvalue weighted by molar-refractivity contribution is 5.93. The molecule has 0 spiro atoms. The maximum absolute atomic E-state index is 12.1. The van der Waals surface area contributed by atoms with E-state index in [2.05, 4.69) is 47.2 Å². The van der Waals surface area contributed by atoms with E-state index in [1.54, 1.807) is 44.5 Å². The number of nitrogens with one attached hydrogen (secondary N) is 1. The third-order valence-electron chi connectivity index (χ3n) is 3.95. The smallest absolute Gasteiger partial charge is 0.245 e. The molecule has 0 saturated heterocycles. The number of aryl methyl sites for hydroxylation is 1. The molecule has 0 unspecified atom stereocenters. The van der Waals surface area contributed by atoms with Crippen LogP contribution in [-0.2, 0) is 9.59 Å². The Morgan fingerprint density at radius 1 is 1.03 bits per heavy atom. The molecular formula is C27H36N4O4. The molecule has 0 saturated carbocycles. The molecule has 1 amide bonds. The normalized spacial score (nSPS) is 8.34. The van der Waals surface area contributed by atoms with Crippen LogP contribution in [0.15, 0.2) is 67.1 Å². The first kappa shape index (κ1) is 32.8. The van der Waals surface area contributed by atoms with Crippen LogP contribution in [0.25, 0.3) is 0 Å². The van der Waals surface area contributed by atoms with Crippen molar-refractivity contribution in [3.63, 3.8) is 0 Å². The number of nitrogens with zero attached hydrogens (tertiary/aromatic N) is 3. The largest absolute Gasteiger partial charge is 0.497 e. The van der Waals surface area contributed by atoms with Crippen molar-refractivity contribution in [3.8, 4) is 24.3 Å². The van der Waals surface area contributed by atoms with E-state index in [1.807, 2.05) is 44.9 Å². The minimum atomic E-state index is -0.201. The molecule has 0 aliphatic carbocycles. The fourth-order valence-electron chi connectivity index (χ4n) is 2.48. The van der Waals surface area contributed by atoms with Gasteiger partial charge in [-0.1, -0.05) is 49.7 Å². The number of hydrogen-bond donors (Lipinski definition) is 1. The highest BCUT2D eigenvalue weighted by Gasteiger charge is 2.13. The summed E-state index contributed by atoms with van der Waals surface area (Å²) in [5.41, 5.74) is 2.08. The van der Waals surface area contributed by atoms with Crippen LogP contribution in [-0.4, -0.2) is 50.5 Å². The van der Waals surface area contributed by atoms with Gasteiger partial charge in [-0.05, 0) is 19.1 Å². The number of likely N-dealkylation sites (N-methyl/N-ethyl adjacent to an activating group) is 1. The number of carbonyl (C=O) groups is 2. The average molecular weight is 481 g/mol. The van der Waals surface area contributed by atoms with E-state index in [0.29, 0.717) is 17.3 Å². The van der Waals surface area contributed by atoms with Crippen LogP contribution in [0.1, 0.15) is 19.4 Å². The van der Waals surface area contributed by atoms with E-state index in [9.17, 15) is 4.79 Å². The fourth-order valence-corrected chi connectivity index (χ4v) is 2.48. The molecule has 1 aromatic heterocycles. The van der Waals surface area contributed by atoms with Crippen LogP contribution in [0.5, 0.6) is 11.5 Å². The summed E-state index contributed by atoms with van der Waals surface area (Å²) in [6.45, 7) is 8.22. The monoisotopic (exact) mass is 480 g/mol. The molecule has 188 valence electrons. The number of terminal acetylenes is 1. The SMILES string of the molecule is C#C.C=O.CC.COc1ccc(OC)c(N(C)CC(=O)Nc2cnccn2)c1.Cc1ccccc1. The van der Waals surface area contributed by atoms with E-state index >= 15 is 0 Å². The molecule has 0 aliphatic heterocycles. The summed E-state index contributed by atoms with van der Waals surface area (Å²) in [6, 6.07) is 15.7. The number of methoxy groups -OCH3 is 2. The second kappa shape index (κ2) is 21.5. The lowest BCUT2D eigenvalue weighted by atomic mass is 10.2. The van der Waals surface area contributed by atoms with Gasteiger partial charge in [0.1, 0.15) is 18.3 Å². The topological polar surface area (TPSA) is 93.7 Å². The van der Waals surface area contributed by atoms with Crippen LogP contribution in [0, 0.1) is 19.8 Å². The fraction of sp³-hybridized carbons (Fsp3) is 0.259. The summed E-state index contributed by atoms with van der Waals surface area (Å²) >= 11 is 0. The van der Waals surface area contributed by atoms with Gasteiger partial charge in [-0.25, -0.2) is 4.98 Å². The van der Waals surface area contributed by atoms with Crippen molar-refractivity contribution in [2.24, 2.45) is 0 Å². The van der Waals surface area contributed by atoms with Gasteiger partial charge in [0.05, 0.1) is 32.6 Å². The van der Waals surface area contributed by atoms with Crippen molar-refractivity contribution in [2.45, 2.75) is 20.8 Å². The van der Waals surface area contributed by atoms with Gasteiger partial charge < -0.3 is 24.5 Å². The Kier molecular flexibility index (Phi) is 20.1.